The molecule has 1 aliphatic rings. The molecule has 1 heterocycles. The maximum Gasteiger partial charge on any atom is 0.326 e. The van der Waals surface area contributed by atoms with Gasteiger partial charge in [0.2, 0.25) is 17.7 Å². The summed E-state index contributed by atoms with van der Waals surface area (Å²) in [6.07, 6.45) is 1.23. The Morgan fingerprint density at radius 1 is 1.00 bits per heavy atom. The second-order valence-corrected chi connectivity index (χ2v) is 8.77. The molecular weight excluding hydrogens is 456 g/mol. The van der Waals surface area contributed by atoms with Gasteiger partial charge in [0.15, 0.2) is 0 Å². The van der Waals surface area contributed by atoms with Crippen LogP contribution in [0.5, 0.6) is 0 Å². The summed E-state index contributed by atoms with van der Waals surface area (Å²) in [5.41, 5.74) is 0.717. The molecule has 35 heavy (non-hydrogen) atoms. The highest BCUT2D eigenvalue weighted by atomic mass is 16.4. The van der Waals surface area contributed by atoms with Crippen molar-refractivity contribution in [2.24, 2.45) is 5.92 Å². The maximum absolute atomic E-state index is 13.1. The highest BCUT2D eigenvalue weighted by Crippen LogP contribution is 2.11. The van der Waals surface area contributed by atoms with Gasteiger partial charge in [0.1, 0.15) is 18.1 Å². The number of carbonyl (C=O) groups is 5. The molecule has 1 aromatic carbocycles. The summed E-state index contributed by atoms with van der Waals surface area (Å²) in [6, 6.07) is 4.55. The van der Waals surface area contributed by atoms with Gasteiger partial charge in [-0.2, -0.15) is 0 Å². The number of nitrogens with one attached hydrogen (secondary N) is 4. The van der Waals surface area contributed by atoms with Crippen molar-refractivity contribution in [1.29, 1.82) is 0 Å². The van der Waals surface area contributed by atoms with E-state index in [0.717, 1.165) is 6.42 Å². The van der Waals surface area contributed by atoms with Gasteiger partial charge in [0, 0.05) is 6.42 Å². The maximum atomic E-state index is 13.1. The number of aliphatic carboxylic acids is 2. The van der Waals surface area contributed by atoms with Crippen LogP contribution in [0.25, 0.3) is 0 Å². The number of carboxylic acids is 2. The summed E-state index contributed by atoms with van der Waals surface area (Å²) in [6.45, 7) is 4.17. The molecule has 1 fully saturated rings. The first-order valence-corrected chi connectivity index (χ1v) is 11.7. The SMILES string of the molecule is CCC(C)C(NC(=O)C(CC(=O)O)NC(=O)C1CCCN1)C(=O)NC(Cc1ccccc1)C(=O)O. The molecule has 0 spiro atoms. The lowest BCUT2D eigenvalue weighted by molar-refractivity contribution is -0.143. The third-order valence-electron chi connectivity index (χ3n) is 6.08. The zero-order valence-electron chi connectivity index (χ0n) is 20.0. The third-order valence-corrected chi connectivity index (χ3v) is 6.08. The molecule has 1 saturated heterocycles. The molecule has 2 rings (SSSR count). The fourth-order valence-corrected chi connectivity index (χ4v) is 3.83. The number of carboxylic acid groups (broad SMARTS) is 2. The lowest BCUT2D eigenvalue weighted by atomic mass is 9.96. The van der Waals surface area contributed by atoms with Gasteiger partial charge < -0.3 is 31.5 Å². The average molecular weight is 491 g/mol. The Labute approximate surface area is 204 Å². The van der Waals surface area contributed by atoms with E-state index in [-0.39, 0.29) is 12.3 Å². The Kier molecular flexibility index (Phi) is 10.7. The molecule has 192 valence electrons. The topological polar surface area (TPSA) is 174 Å². The van der Waals surface area contributed by atoms with E-state index in [1.807, 2.05) is 0 Å². The molecule has 0 saturated carbocycles. The standard InChI is InChI=1S/C24H34N4O7/c1-3-14(2)20(23(33)27-18(24(34)35)12-15-8-5-4-6-9-15)28-22(32)17(13-19(29)30)26-21(31)16-10-7-11-25-16/h4-6,8-9,14,16-18,20,25H,3,7,10-13H2,1-2H3,(H,26,31)(H,27,33)(H,28,32)(H,29,30)(H,34,35). The van der Waals surface area contributed by atoms with Gasteiger partial charge in [-0.25, -0.2) is 4.79 Å². The molecular formula is C24H34N4O7. The lowest BCUT2D eigenvalue weighted by Crippen LogP contribution is -2.59. The number of rotatable bonds is 13. The van der Waals surface area contributed by atoms with Crippen molar-refractivity contribution >= 4 is 29.7 Å². The summed E-state index contributed by atoms with van der Waals surface area (Å²) in [5.74, 6) is -4.91. The van der Waals surface area contributed by atoms with Gasteiger partial charge in [0.05, 0.1) is 12.5 Å². The second kappa shape index (κ2) is 13.4. The number of amides is 3. The molecule has 5 atom stereocenters. The highest BCUT2D eigenvalue weighted by molar-refractivity contribution is 5.95. The minimum absolute atomic E-state index is 0.0508. The zero-order valence-corrected chi connectivity index (χ0v) is 20.0. The number of hydrogen-bond acceptors (Lipinski definition) is 6. The van der Waals surface area contributed by atoms with Gasteiger partial charge in [-0.15, -0.1) is 0 Å². The summed E-state index contributed by atoms with van der Waals surface area (Å²) in [4.78, 5) is 61.6. The molecule has 0 bridgehead atoms. The van der Waals surface area contributed by atoms with E-state index in [0.29, 0.717) is 24.9 Å². The van der Waals surface area contributed by atoms with Crippen molar-refractivity contribution in [3.05, 3.63) is 35.9 Å². The van der Waals surface area contributed by atoms with Crippen LogP contribution in [0.2, 0.25) is 0 Å². The van der Waals surface area contributed by atoms with Crippen LogP contribution in [0.15, 0.2) is 30.3 Å². The van der Waals surface area contributed by atoms with Crippen molar-refractivity contribution in [3.8, 4) is 0 Å². The lowest BCUT2D eigenvalue weighted by Gasteiger charge is -2.27. The van der Waals surface area contributed by atoms with Crippen LogP contribution >= 0.6 is 0 Å². The molecule has 1 aromatic rings. The molecule has 1 aliphatic heterocycles. The molecule has 5 unspecified atom stereocenters. The van der Waals surface area contributed by atoms with Gasteiger partial charge in [-0.1, -0.05) is 50.6 Å². The fourth-order valence-electron chi connectivity index (χ4n) is 3.83. The minimum atomic E-state index is -1.39. The summed E-state index contributed by atoms with van der Waals surface area (Å²) >= 11 is 0. The Balaban J connectivity index is 2.13. The third kappa shape index (κ3) is 8.67. The van der Waals surface area contributed by atoms with Crippen molar-refractivity contribution in [1.82, 2.24) is 21.3 Å². The Morgan fingerprint density at radius 3 is 2.23 bits per heavy atom. The van der Waals surface area contributed by atoms with E-state index in [1.54, 1.807) is 44.2 Å². The van der Waals surface area contributed by atoms with Crippen molar-refractivity contribution in [3.63, 3.8) is 0 Å². The minimum Gasteiger partial charge on any atom is -0.481 e. The van der Waals surface area contributed by atoms with Crippen LogP contribution in [-0.4, -0.2) is 70.6 Å². The summed E-state index contributed by atoms with van der Waals surface area (Å²) in [7, 11) is 0. The molecule has 0 aromatic heterocycles. The van der Waals surface area contributed by atoms with Crippen LogP contribution in [-0.2, 0) is 30.4 Å². The zero-order chi connectivity index (χ0) is 26.0. The largest absolute Gasteiger partial charge is 0.481 e. The second-order valence-electron chi connectivity index (χ2n) is 8.77. The number of benzene rings is 1. The van der Waals surface area contributed by atoms with Crippen molar-refractivity contribution < 1.29 is 34.2 Å². The van der Waals surface area contributed by atoms with E-state index < -0.39 is 60.2 Å². The van der Waals surface area contributed by atoms with Crippen LogP contribution in [0.3, 0.4) is 0 Å². The quantitative estimate of drug-likeness (QED) is 0.225. The predicted molar refractivity (Wildman–Crippen MR) is 126 cm³/mol. The smallest absolute Gasteiger partial charge is 0.326 e. The first kappa shape index (κ1) is 27.8. The summed E-state index contributed by atoms with van der Waals surface area (Å²) in [5, 5.41) is 29.3. The van der Waals surface area contributed by atoms with E-state index >= 15 is 0 Å². The van der Waals surface area contributed by atoms with Gasteiger partial charge in [0.25, 0.3) is 0 Å². The Bertz CT molecular complexity index is 902. The molecule has 6 N–H and O–H groups in total. The van der Waals surface area contributed by atoms with Crippen LogP contribution in [0.4, 0.5) is 0 Å². The highest BCUT2D eigenvalue weighted by Gasteiger charge is 2.34. The van der Waals surface area contributed by atoms with Crippen LogP contribution in [0, 0.1) is 5.92 Å². The van der Waals surface area contributed by atoms with Crippen LogP contribution in [0.1, 0.15) is 45.1 Å². The monoisotopic (exact) mass is 490 g/mol. The van der Waals surface area contributed by atoms with Gasteiger partial charge in [-0.05, 0) is 30.9 Å². The predicted octanol–water partition coefficient (Wildman–Crippen LogP) is 0.0409. The fraction of sp³-hybridized carbons (Fsp3) is 0.542. The average Bonchev–Trinajstić information content (AvgIpc) is 3.36. The normalized spacial score (nSPS) is 18.5. The van der Waals surface area contributed by atoms with E-state index in [2.05, 4.69) is 21.3 Å². The van der Waals surface area contributed by atoms with Crippen molar-refractivity contribution in [2.75, 3.05) is 6.54 Å². The first-order valence-electron chi connectivity index (χ1n) is 11.7. The molecule has 0 aliphatic carbocycles. The molecule has 11 nitrogen and oxygen atoms in total. The van der Waals surface area contributed by atoms with E-state index in [1.165, 1.54) is 0 Å². The summed E-state index contributed by atoms with van der Waals surface area (Å²) < 4.78 is 0. The number of carbonyl (C=O) groups excluding carboxylic acids is 3. The molecule has 11 heteroatoms. The first-order chi connectivity index (χ1) is 16.6. The Hall–Kier alpha value is -3.47. The molecule has 3 amide bonds. The molecule has 0 radical (unpaired) electrons. The van der Waals surface area contributed by atoms with E-state index in [9.17, 15) is 34.2 Å². The van der Waals surface area contributed by atoms with Crippen LogP contribution < -0.4 is 21.3 Å². The Morgan fingerprint density at radius 2 is 1.69 bits per heavy atom. The van der Waals surface area contributed by atoms with E-state index in [4.69, 9.17) is 0 Å². The van der Waals surface area contributed by atoms with Crippen molar-refractivity contribution in [2.45, 2.75) is 70.1 Å². The number of hydrogen-bond donors (Lipinski definition) is 6. The van der Waals surface area contributed by atoms with Gasteiger partial charge >= 0.3 is 11.9 Å². The van der Waals surface area contributed by atoms with Gasteiger partial charge in [-0.3, -0.25) is 19.2 Å².